The van der Waals surface area contributed by atoms with E-state index in [-0.39, 0.29) is 6.61 Å². The van der Waals surface area contributed by atoms with E-state index in [9.17, 15) is 0 Å². The van der Waals surface area contributed by atoms with Gasteiger partial charge in [0.25, 0.3) is 0 Å². The summed E-state index contributed by atoms with van der Waals surface area (Å²) in [5.74, 6) is 1.35. The largest absolute Gasteiger partial charge is 0.462 e. The number of benzene rings is 1. The van der Waals surface area contributed by atoms with E-state index in [2.05, 4.69) is 20.8 Å². The first-order valence-corrected chi connectivity index (χ1v) is 6.52. The zero-order valence-electron chi connectivity index (χ0n) is 11.5. The Hall–Kier alpha value is -2.67. The molecule has 0 bridgehead atoms. The van der Waals surface area contributed by atoms with Crippen LogP contribution in [0.2, 0.25) is 0 Å². The van der Waals surface area contributed by atoms with E-state index in [1.807, 2.05) is 31.2 Å². The molecule has 0 aliphatic carbocycles. The Bertz CT molecular complexity index is 721. The van der Waals surface area contributed by atoms with E-state index in [1.54, 1.807) is 17.1 Å². The first kappa shape index (κ1) is 13.3. The van der Waals surface area contributed by atoms with Gasteiger partial charge in [-0.25, -0.2) is 4.68 Å². The molecule has 0 aliphatic rings. The molecule has 2 aromatic heterocycles. The minimum atomic E-state index is -0.0836. The zero-order chi connectivity index (χ0) is 14.7. The summed E-state index contributed by atoms with van der Waals surface area (Å²) in [5, 5.41) is 23.4. The van der Waals surface area contributed by atoms with Crippen molar-refractivity contribution in [2.24, 2.45) is 0 Å². The Morgan fingerprint density at radius 2 is 2.10 bits per heavy atom. The number of hydrogen-bond donors (Lipinski definition) is 2. The van der Waals surface area contributed by atoms with Gasteiger partial charge in [0.2, 0.25) is 0 Å². The van der Waals surface area contributed by atoms with Crippen LogP contribution in [0.15, 0.2) is 41.1 Å². The number of furan rings is 1. The van der Waals surface area contributed by atoms with E-state index in [0.29, 0.717) is 12.3 Å². The maximum atomic E-state index is 8.96. The van der Waals surface area contributed by atoms with E-state index in [1.165, 1.54) is 0 Å². The summed E-state index contributed by atoms with van der Waals surface area (Å²) in [5.41, 5.74) is 2.97. The van der Waals surface area contributed by atoms with Crippen molar-refractivity contribution >= 4 is 5.69 Å². The molecule has 0 spiro atoms. The molecule has 0 atom stereocenters. The van der Waals surface area contributed by atoms with Gasteiger partial charge in [-0.2, -0.15) is 0 Å². The van der Waals surface area contributed by atoms with Crippen LogP contribution in [0.25, 0.3) is 5.69 Å². The number of aliphatic hydroxyl groups is 1. The quantitative estimate of drug-likeness (QED) is 0.741. The van der Waals surface area contributed by atoms with E-state index in [4.69, 9.17) is 9.52 Å². The molecule has 7 heteroatoms. The molecule has 0 fully saturated rings. The molecule has 0 unspecified atom stereocenters. The summed E-state index contributed by atoms with van der Waals surface area (Å²) in [7, 11) is 0. The Morgan fingerprint density at radius 3 is 2.76 bits per heavy atom. The van der Waals surface area contributed by atoms with E-state index in [0.717, 1.165) is 22.7 Å². The third-order valence-corrected chi connectivity index (χ3v) is 3.13. The van der Waals surface area contributed by atoms with Crippen LogP contribution in [0.4, 0.5) is 5.69 Å². The lowest BCUT2D eigenvalue weighted by Gasteiger charge is -2.09. The van der Waals surface area contributed by atoms with Gasteiger partial charge in [-0.15, -0.1) is 5.10 Å². The first-order valence-electron chi connectivity index (χ1n) is 6.52. The summed E-state index contributed by atoms with van der Waals surface area (Å²) in [6, 6.07) is 9.55. The standard InChI is InChI=1S/C14H15N5O2/c1-10-6-11(2-5-14(10)19-9-16-17-18-19)15-7-12-3-4-13(8-20)21-12/h2-6,9,15,20H,7-8H2,1H3. The van der Waals surface area contributed by atoms with Crippen LogP contribution in [0.3, 0.4) is 0 Å². The molecule has 0 amide bonds. The van der Waals surface area contributed by atoms with Crippen molar-refractivity contribution in [1.82, 2.24) is 20.2 Å². The van der Waals surface area contributed by atoms with Crippen LogP contribution in [0.1, 0.15) is 17.1 Å². The average Bonchev–Trinajstić information content (AvgIpc) is 3.16. The second-order valence-corrected chi connectivity index (χ2v) is 4.64. The molecular formula is C14H15N5O2. The van der Waals surface area contributed by atoms with Crippen LogP contribution in [-0.2, 0) is 13.2 Å². The number of aryl methyl sites for hydroxylation is 1. The number of aliphatic hydroxyl groups excluding tert-OH is 1. The highest BCUT2D eigenvalue weighted by Crippen LogP contribution is 2.19. The van der Waals surface area contributed by atoms with Crippen molar-refractivity contribution in [1.29, 1.82) is 0 Å². The van der Waals surface area contributed by atoms with Gasteiger partial charge in [0.15, 0.2) is 0 Å². The number of nitrogens with one attached hydrogen (secondary N) is 1. The molecule has 1 aromatic carbocycles. The Kier molecular flexibility index (Phi) is 3.65. The lowest BCUT2D eigenvalue weighted by Crippen LogP contribution is -2.02. The lowest BCUT2D eigenvalue weighted by molar-refractivity contribution is 0.244. The van der Waals surface area contributed by atoms with Crippen molar-refractivity contribution in [3.05, 3.63) is 53.7 Å². The molecule has 3 aromatic rings. The van der Waals surface area contributed by atoms with Crippen molar-refractivity contribution in [3.8, 4) is 5.69 Å². The predicted molar refractivity (Wildman–Crippen MR) is 75.8 cm³/mol. The van der Waals surface area contributed by atoms with Crippen molar-refractivity contribution < 1.29 is 9.52 Å². The molecule has 21 heavy (non-hydrogen) atoms. The van der Waals surface area contributed by atoms with Crippen LogP contribution >= 0.6 is 0 Å². The second-order valence-electron chi connectivity index (χ2n) is 4.64. The van der Waals surface area contributed by atoms with Crippen molar-refractivity contribution in [2.45, 2.75) is 20.1 Å². The molecule has 0 radical (unpaired) electrons. The minimum absolute atomic E-state index is 0.0836. The summed E-state index contributed by atoms with van der Waals surface area (Å²) in [6.07, 6.45) is 1.56. The molecule has 7 nitrogen and oxygen atoms in total. The summed E-state index contributed by atoms with van der Waals surface area (Å²) in [4.78, 5) is 0. The highest BCUT2D eigenvalue weighted by molar-refractivity contribution is 5.53. The van der Waals surface area contributed by atoms with E-state index < -0.39 is 0 Å². The fourth-order valence-electron chi connectivity index (χ4n) is 2.09. The van der Waals surface area contributed by atoms with Gasteiger partial charge in [-0.05, 0) is 53.2 Å². The number of aromatic nitrogens is 4. The number of hydrogen-bond acceptors (Lipinski definition) is 6. The Labute approximate surface area is 121 Å². The third kappa shape index (κ3) is 2.92. The highest BCUT2D eigenvalue weighted by Gasteiger charge is 2.05. The van der Waals surface area contributed by atoms with Crippen LogP contribution in [0.5, 0.6) is 0 Å². The van der Waals surface area contributed by atoms with Gasteiger partial charge in [0, 0.05) is 5.69 Å². The van der Waals surface area contributed by atoms with Crippen molar-refractivity contribution in [2.75, 3.05) is 5.32 Å². The Balaban J connectivity index is 1.70. The van der Waals surface area contributed by atoms with Crippen molar-refractivity contribution in [3.63, 3.8) is 0 Å². The third-order valence-electron chi connectivity index (χ3n) is 3.13. The van der Waals surface area contributed by atoms with Gasteiger partial charge >= 0.3 is 0 Å². The lowest BCUT2D eigenvalue weighted by atomic mass is 10.2. The first-order chi connectivity index (χ1) is 10.3. The topological polar surface area (TPSA) is 89.0 Å². The average molecular weight is 285 g/mol. The maximum Gasteiger partial charge on any atom is 0.143 e. The molecule has 108 valence electrons. The molecule has 0 aliphatic heterocycles. The van der Waals surface area contributed by atoms with E-state index >= 15 is 0 Å². The van der Waals surface area contributed by atoms with Crippen LogP contribution in [0, 0.1) is 6.92 Å². The molecule has 0 saturated heterocycles. The molecular weight excluding hydrogens is 270 g/mol. The smallest absolute Gasteiger partial charge is 0.143 e. The number of rotatable bonds is 5. The van der Waals surface area contributed by atoms with Crippen LogP contribution < -0.4 is 5.32 Å². The summed E-state index contributed by atoms with van der Waals surface area (Å²) in [6.45, 7) is 2.47. The minimum Gasteiger partial charge on any atom is -0.462 e. The fraction of sp³-hybridized carbons (Fsp3) is 0.214. The normalized spacial score (nSPS) is 10.8. The predicted octanol–water partition coefficient (Wildman–Crippen LogP) is 1.67. The van der Waals surface area contributed by atoms with Gasteiger partial charge in [0.1, 0.15) is 24.5 Å². The highest BCUT2D eigenvalue weighted by atomic mass is 16.4. The molecule has 2 N–H and O–H groups in total. The zero-order valence-corrected chi connectivity index (χ0v) is 11.5. The number of anilines is 1. The van der Waals surface area contributed by atoms with Crippen LogP contribution in [-0.4, -0.2) is 25.3 Å². The SMILES string of the molecule is Cc1cc(NCc2ccc(CO)o2)ccc1-n1cnnn1. The van der Waals surface area contributed by atoms with Gasteiger partial charge in [0.05, 0.1) is 12.2 Å². The molecule has 2 heterocycles. The monoisotopic (exact) mass is 285 g/mol. The summed E-state index contributed by atoms with van der Waals surface area (Å²) < 4.78 is 7.05. The van der Waals surface area contributed by atoms with Gasteiger partial charge in [-0.3, -0.25) is 0 Å². The second kappa shape index (κ2) is 5.76. The fourth-order valence-corrected chi connectivity index (χ4v) is 2.09. The number of tetrazole rings is 1. The molecule has 0 saturated carbocycles. The van der Waals surface area contributed by atoms with Gasteiger partial charge < -0.3 is 14.8 Å². The maximum absolute atomic E-state index is 8.96. The Morgan fingerprint density at radius 1 is 1.24 bits per heavy atom. The number of nitrogens with zero attached hydrogens (tertiary/aromatic N) is 4. The molecule has 3 rings (SSSR count). The summed E-state index contributed by atoms with van der Waals surface area (Å²) >= 11 is 0. The van der Waals surface area contributed by atoms with Gasteiger partial charge in [-0.1, -0.05) is 0 Å².